The van der Waals surface area contributed by atoms with Gasteiger partial charge in [0, 0.05) is 0 Å². The monoisotopic (exact) mass is 189 g/mol. The van der Waals surface area contributed by atoms with Crippen molar-refractivity contribution in [2.75, 3.05) is 0 Å². The van der Waals surface area contributed by atoms with Crippen molar-refractivity contribution in [3.05, 3.63) is 35.4 Å². The Balaban J connectivity index is 2.84. The first-order valence-corrected chi connectivity index (χ1v) is 4.32. The van der Waals surface area contributed by atoms with Crippen LogP contribution in [0.3, 0.4) is 0 Å². The van der Waals surface area contributed by atoms with Crippen LogP contribution < -0.4 is 0 Å². The van der Waals surface area contributed by atoms with Crippen molar-refractivity contribution < 1.29 is 9.90 Å². The number of hydrogen-bond acceptors (Lipinski definition) is 2. The van der Waals surface area contributed by atoms with Crippen LogP contribution in [-0.4, -0.2) is 11.1 Å². The fourth-order valence-corrected chi connectivity index (χ4v) is 1.25. The lowest BCUT2D eigenvalue weighted by Crippen LogP contribution is -2.14. The summed E-state index contributed by atoms with van der Waals surface area (Å²) in [5.41, 5.74) is 1.94. The Labute approximate surface area is 82.6 Å². The van der Waals surface area contributed by atoms with Gasteiger partial charge in [-0.2, -0.15) is 5.26 Å². The van der Waals surface area contributed by atoms with E-state index < -0.39 is 11.9 Å². The summed E-state index contributed by atoms with van der Waals surface area (Å²) in [6.07, 6.45) is 0.276. The molecule has 3 heteroatoms. The highest BCUT2D eigenvalue weighted by molar-refractivity contribution is 5.73. The van der Waals surface area contributed by atoms with E-state index in [1.165, 1.54) is 0 Å². The molecule has 0 aliphatic heterocycles. The van der Waals surface area contributed by atoms with Crippen LogP contribution in [0.5, 0.6) is 0 Å². The predicted octanol–water partition coefficient (Wildman–Crippen LogP) is 1.76. The first-order chi connectivity index (χ1) is 6.65. The maximum atomic E-state index is 10.6. The second-order valence-electron chi connectivity index (χ2n) is 3.15. The van der Waals surface area contributed by atoms with Crippen molar-refractivity contribution >= 4 is 5.97 Å². The van der Waals surface area contributed by atoms with Gasteiger partial charge in [-0.3, -0.25) is 4.79 Å². The molecule has 1 unspecified atom stereocenters. The van der Waals surface area contributed by atoms with Gasteiger partial charge in [0.25, 0.3) is 0 Å². The number of carbonyl (C=O) groups is 1. The summed E-state index contributed by atoms with van der Waals surface area (Å²) in [7, 11) is 0. The lowest BCUT2D eigenvalue weighted by molar-refractivity contribution is -0.139. The fourth-order valence-electron chi connectivity index (χ4n) is 1.25. The molecule has 1 aromatic rings. The van der Waals surface area contributed by atoms with Gasteiger partial charge in [0.2, 0.25) is 0 Å². The van der Waals surface area contributed by atoms with E-state index in [0.29, 0.717) is 0 Å². The number of rotatable bonds is 3. The lowest BCUT2D eigenvalue weighted by atomic mass is 9.97. The van der Waals surface area contributed by atoms with Gasteiger partial charge < -0.3 is 5.11 Å². The highest BCUT2D eigenvalue weighted by Crippen LogP contribution is 2.12. The molecule has 0 spiro atoms. The Bertz CT molecular complexity index is 379. The quantitative estimate of drug-likeness (QED) is 0.788. The lowest BCUT2D eigenvalue weighted by Gasteiger charge is -2.06. The second kappa shape index (κ2) is 4.43. The van der Waals surface area contributed by atoms with Crippen LogP contribution in [0.25, 0.3) is 0 Å². The minimum atomic E-state index is -1.06. The maximum Gasteiger partial charge on any atom is 0.321 e. The number of benzene rings is 1. The zero-order valence-electron chi connectivity index (χ0n) is 7.90. The number of hydrogen-bond donors (Lipinski definition) is 1. The Hall–Kier alpha value is -1.82. The zero-order chi connectivity index (χ0) is 10.6. The van der Waals surface area contributed by atoms with Gasteiger partial charge in [0.05, 0.1) is 6.07 Å². The van der Waals surface area contributed by atoms with Crippen molar-refractivity contribution in [1.29, 1.82) is 5.26 Å². The van der Waals surface area contributed by atoms with Gasteiger partial charge in [-0.05, 0) is 24.5 Å². The number of aryl methyl sites for hydroxylation is 1. The molecule has 3 nitrogen and oxygen atoms in total. The minimum Gasteiger partial charge on any atom is -0.480 e. The molecule has 0 aliphatic rings. The molecule has 0 heterocycles. The van der Waals surface area contributed by atoms with E-state index in [9.17, 15) is 4.79 Å². The topological polar surface area (TPSA) is 61.1 Å². The molecule has 0 radical (unpaired) electrons. The summed E-state index contributed by atoms with van der Waals surface area (Å²) in [5, 5.41) is 17.3. The van der Waals surface area contributed by atoms with Crippen molar-refractivity contribution in [1.82, 2.24) is 0 Å². The highest BCUT2D eigenvalue weighted by atomic mass is 16.4. The van der Waals surface area contributed by atoms with Crippen LogP contribution in [0.1, 0.15) is 11.1 Å². The predicted molar refractivity (Wildman–Crippen MR) is 51.6 cm³/mol. The summed E-state index contributed by atoms with van der Waals surface area (Å²) in [5.74, 6) is -2.01. The average Bonchev–Trinajstić information content (AvgIpc) is 2.16. The van der Waals surface area contributed by atoms with Gasteiger partial charge in [0.1, 0.15) is 5.92 Å². The van der Waals surface area contributed by atoms with Crippen LogP contribution >= 0.6 is 0 Å². The molecule has 0 fully saturated rings. The molecule has 72 valence electrons. The molecule has 1 aromatic carbocycles. The van der Waals surface area contributed by atoms with Crippen molar-refractivity contribution in [2.24, 2.45) is 5.92 Å². The summed E-state index contributed by atoms with van der Waals surface area (Å²) >= 11 is 0. The molecule has 1 atom stereocenters. The molecule has 0 aliphatic carbocycles. The molecular weight excluding hydrogens is 178 g/mol. The summed E-state index contributed by atoms with van der Waals surface area (Å²) in [4.78, 5) is 10.6. The number of nitrogens with zero attached hydrogens (tertiary/aromatic N) is 1. The molecular formula is C11H11NO2. The van der Waals surface area contributed by atoms with Gasteiger partial charge >= 0.3 is 5.97 Å². The minimum absolute atomic E-state index is 0.276. The highest BCUT2D eigenvalue weighted by Gasteiger charge is 2.17. The third-order valence-corrected chi connectivity index (χ3v) is 2.14. The van der Waals surface area contributed by atoms with E-state index in [-0.39, 0.29) is 6.42 Å². The third kappa shape index (κ3) is 2.33. The smallest absolute Gasteiger partial charge is 0.321 e. The van der Waals surface area contributed by atoms with Crippen LogP contribution in [0, 0.1) is 24.2 Å². The normalized spacial score (nSPS) is 11.7. The second-order valence-corrected chi connectivity index (χ2v) is 3.15. The van der Waals surface area contributed by atoms with Crippen LogP contribution in [0.2, 0.25) is 0 Å². The van der Waals surface area contributed by atoms with E-state index in [0.717, 1.165) is 11.1 Å². The molecule has 14 heavy (non-hydrogen) atoms. The first kappa shape index (κ1) is 10.3. The van der Waals surface area contributed by atoms with E-state index in [2.05, 4.69) is 0 Å². The van der Waals surface area contributed by atoms with Gasteiger partial charge in [-0.15, -0.1) is 0 Å². The Morgan fingerprint density at radius 2 is 2.21 bits per heavy atom. The standard InChI is InChI=1S/C11H11NO2/c1-8-4-2-3-5-9(8)6-10(7-12)11(13)14/h2-5,10H,6H2,1H3,(H,13,14). The summed E-state index contributed by atoms with van der Waals surface area (Å²) in [6.45, 7) is 1.91. The molecule has 0 saturated heterocycles. The van der Waals surface area contributed by atoms with E-state index in [4.69, 9.17) is 10.4 Å². The fraction of sp³-hybridized carbons (Fsp3) is 0.273. The Kier molecular flexibility index (Phi) is 3.24. The van der Waals surface area contributed by atoms with Gasteiger partial charge in [0.15, 0.2) is 0 Å². The molecule has 0 bridgehead atoms. The Morgan fingerprint density at radius 1 is 1.57 bits per heavy atom. The van der Waals surface area contributed by atoms with Gasteiger partial charge in [-0.25, -0.2) is 0 Å². The van der Waals surface area contributed by atoms with Crippen molar-refractivity contribution in [3.8, 4) is 6.07 Å². The molecule has 0 amide bonds. The zero-order valence-corrected chi connectivity index (χ0v) is 7.90. The summed E-state index contributed by atoms with van der Waals surface area (Å²) in [6, 6.07) is 9.27. The Morgan fingerprint density at radius 3 is 2.71 bits per heavy atom. The van der Waals surface area contributed by atoms with Crippen molar-refractivity contribution in [2.45, 2.75) is 13.3 Å². The third-order valence-electron chi connectivity index (χ3n) is 2.14. The van der Waals surface area contributed by atoms with Crippen LogP contribution in [0.4, 0.5) is 0 Å². The van der Waals surface area contributed by atoms with Crippen LogP contribution in [0.15, 0.2) is 24.3 Å². The van der Waals surface area contributed by atoms with E-state index >= 15 is 0 Å². The van der Waals surface area contributed by atoms with Crippen LogP contribution in [-0.2, 0) is 11.2 Å². The maximum absolute atomic E-state index is 10.6. The SMILES string of the molecule is Cc1ccccc1CC(C#N)C(=O)O. The number of nitriles is 1. The van der Waals surface area contributed by atoms with E-state index in [1.54, 1.807) is 6.07 Å². The average molecular weight is 189 g/mol. The molecule has 1 rings (SSSR count). The van der Waals surface area contributed by atoms with Crippen molar-refractivity contribution in [3.63, 3.8) is 0 Å². The number of carboxylic acids is 1. The first-order valence-electron chi connectivity index (χ1n) is 4.32. The molecule has 0 aromatic heterocycles. The molecule has 1 N–H and O–H groups in total. The van der Waals surface area contributed by atoms with E-state index in [1.807, 2.05) is 31.2 Å². The summed E-state index contributed by atoms with van der Waals surface area (Å²) < 4.78 is 0. The molecule has 0 saturated carbocycles. The largest absolute Gasteiger partial charge is 0.480 e. The number of aliphatic carboxylic acids is 1. The number of carboxylic acid groups (broad SMARTS) is 1. The van der Waals surface area contributed by atoms with Gasteiger partial charge in [-0.1, -0.05) is 24.3 Å².